The minimum Gasteiger partial charge on any atom is -0.341 e. The van der Waals surface area contributed by atoms with Gasteiger partial charge in [0.25, 0.3) is 0 Å². The second-order valence-corrected chi connectivity index (χ2v) is 5.31. The van der Waals surface area contributed by atoms with Crippen molar-refractivity contribution in [3.05, 3.63) is 0 Å². The summed E-state index contributed by atoms with van der Waals surface area (Å²) in [4.78, 5) is 15.7. The number of hydrogen-bond donors (Lipinski definition) is 1. The molecule has 2 aliphatic heterocycles. The van der Waals surface area contributed by atoms with Crippen LogP contribution in [0.15, 0.2) is 0 Å². The van der Waals surface area contributed by atoms with E-state index in [1.54, 1.807) is 6.92 Å². The molecule has 2 aliphatic rings. The molecule has 0 unspecified atom stereocenters. The number of hydrogen-bond acceptors (Lipinski definition) is 3. The molecule has 1 N–H and O–H groups in total. The van der Waals surface area contributed by atoms with Crippen LogP contribution in [-0.4, -0.2) is 61.0 Å². The summed E-state index contributed by atoms with van der Waals surface area (Å²) in [6, 6.07) is 0.525. The first-order chi connectivity index (χ1) is 8.25. The predicted octanol–water partition coefficient (Wildman–Crippen LogP) is 0.683. The van der Waals surface area contributed by atoms with Crippen LogP contribution in [0.4, 0.5) is 0 Å². The summed E-state index contributed by atoms with van der Waals surface area (Å²) in [7, 11) is 0. The summed E-state index contributed by atoms with van der Waals surface area (Å²) in [6.45, 7) is 8.40. The molecule has 0 aromatic carbocycles. The molecule has 2 heterocycles. The maximum absolute atomic E-state index is 11.2. The first kappa shape index (κ1) is 12.8. The molecule has 0 aliphatic carbocycles. The van der Waals surface area contributed by atoms with E-state index in [0.29, 0.717) is 6.04 Å². The van der Waals surface area contributed by atoms with Crippen LogP contribution in [0.3, 0.4) is 0 Å². The number of rotatable bonds is 5. The van der Waals surface area contributed by atoms with E-state index in [4.69, 9.17) is 0 Å². The van der Waals surface area contributed by atoms with Crippen LogP contribution in [0, 0.1) is 0 Å². The van der Waals surface area contributed by atoms with E-state index in [0.717, 1.165) is 26.1 Å². The third kappa shape index (κ3) is 3.96. The Bertz CT molecular complexity index is 251. The number of nitrogens with zero attached hydrogens (tertiary/aromatic N) is 2. The van der Waals surface area contributed by atoms with Gasteiger partial charge in [-0.05, 0) is 51.9 Å². The molecule has 4 nitrogen and oxygen atoms in total. The molecule has 1 amide bonds. The molecule has 1 atom stereocenters. The van der Waals surface area contributed by atoms with E-state index in [2.05, 4.69) is 10.2 Å². The normalized spacial score (nSPS) is 25.7. The Morgan fingerprint density at radius 1 is 1.29 bits per heavy atom. The van der Waals surface area contributed by atoms with Gasteiger partial charge >= 0.3 is 0 Å². The Morgan fingerprint density at radius 3 is 2.71 bits per heavy atom. The minimum absolute atomic E-state index is 0.214. The molecule has 98 valence electrons. The SMILES string of the molecule is CC(=O)N1CC[C@H](NCCCN2CCCC2)C1. The van der Waals surface area contributed by atoms with Gasteiger partial charge in [-0.15, -0.1) is 0 Å². The smallest absolute Gasteiger partial charge is 0.219 e. The van der Waals surface area contributed by atoms with Crippen molar-refractivity contribution in [1.29, 1.82) is 0 Å². The third-order valence-corrected chi connectivity index (χ3v) is 3.92. The number of carbonyl (C=O) groups excluding carboxylic acids is 1. The van der Waals surface area contributed by atoms with Crippen molar-refractivity contribution in [2.45, 2.75) is 38.6 Å². The average Bonchev–Trinajstić information content (AvgIpc) is 2.96. The van der Waals surface area contributed by atoms with Gasteiger partial charge < -0.3 is 15.1 Å². The van der Waals surface area contributed by atoms with E-state index in [-0.39, 0.29) is 5.91 Å². The first-order valence-corrected chi connectivity index (χ1v) is 6.97. The lowest BCUT2D eigenvalue weighted by Crippen LogP contribution is -2.35. The van der Waals surface area contributed by atoms with Crippen molar-refractivity contribution >= 4 is 5.91 Å². The van der Waals surface area contributed by atoms with Crippen molar-refractivity contribution in [1.82, 2.24) is 15.1 Å². The van der Waals surface area contributed by atoms with Crippen molar-refractivity contribution in [2.75, 3.05) is 39.3 Å². The first-order valence-electron chi connectivity index (χ1n) is 6.97. The molecule has 2 rings (SSSR count). The Kier molecular flexibility index (Phi) is 4.80. The van der Waals surface area contributed by atoms with Gasteiger partial charge in [0.1, 0.15) is 0 Å². The fourth-order valence-electron chi connectivity index (χ4n) is 2.83. The van der Waals surface area contributed by atoms with Crippen LogP contribution in [0.25, 0.3) is 0 Å². The van der Waals surface area contributed by atoms with Gasteiger partial charge in [0.2, 0.25) is 5.91 Å². The third-order valence-electron chi connectivity index (χ3n) is 3.92. The van der Waals surface area contributed by atoms with Crippen molar-refractivity contribution in [3.63, 3.8) is 0 Å². The fraction of sp³-hybridized carbons (Fsp3) is 0.923. The summed E-state index contributed by atoms with van der Waals surface area (Å²) in [5, 5.41) is 3.57. The van der Waals surface area contributed by atoms with Gasteiger partial charge in [0, 0.05) is 26.1 Å². The zero-order valence-electron chi connectivity index (χ0n) is 11.0. The highest BCUT2D eigenvalue weighted by Crippen LogP contribution is 2.10. The second-order valence-electron chi connectivity index (χ2n) is 5.31. The van der Waals surface area contributed by atoms with E-state index in [1.807, 2.05) is 4.90 Å². The van der Waals surface area contributed by atoms with E-state index in [1.165, 1.54) is 38.9 Å². The number of carbonyl (C=O) groups is 1. The van der Waals surface area contributed by atoms with E-state index in [9.17, 15) is 4.79 Å². The zero-order chi connectivity index (χ0) is 12.1. The molecular formula is C13H25N3O. The maximum atomic E-state index is 11.2. The van der Waals surface area contributed by atoms with E-state index < -0.39 is 0 Å². The summed E-state index contributed by atoms with van der Waals surface area (Å²) >= 11 is 0. The molecule has 0 bridgehead atoms. The van der Waals surface area contributed by atoms with Gasteiger partial charge in [-0.3, -0.25) is 4.79 Å². The minimum atomic E-state index is 0.214. The van der Waals surface area contributed by atoms with Crippen LogP contribution < -0.4 is 5.32 Å². The molecule has 0 spiro atoms. The Balaban J connectivity index is 1.52. The highest BCUT2D eigenvalue weighted by molar-refractivity contribution is 5.73. The molecule has 0 saturated carbocycles. The van der Waals surface area contributed by atoms with E-state index >= 15 is 0 Å². The monoisotopic (exact) mass is 239 g/mol. The Morgan fingerprint density at radius 2 is 2.06 bits per heavy atom. The molecule has 17 heavy (non-hydrogen) atoms. The molecule has 0 radical (unpaired) electrons. The van der Waals surface area contributed by atoms with Gasteiger partial charge in [-0.2, -0.15) is 0 Å². The molecule has 2 fully saturated rings. The van der Waals surface area contributed by atoms with Crippen LogP contribution in [-0.2, 0) is 4.79 Å². The largest absolute Gasteiger partial charge is 0.341 e. The summed E-state index contributed by atoms with van der Waals surface area (Å²) in [5.74, 6) is 0.214. The quantitative estimate of drug-likeness (QED) is 0.717. The van der Waals surface area contributed by atoms with Gasteiger partial charge in [-0.25, -0.2) is 0 Å². The Labute approximate surface area is 104 Å². The number of nitrogens with one attached hydrogen (secondary N) is 1. The summed E-state index contributed by atoms with van der Waals surface area (Å²) < 4.78 is 0. The van der Waals surface area contributed by atoms with Crippen LogP contribution in [0.2, 0.25) is 0 Å². The van der Waals surface area contributed by atoms with Crippen LogP contribution in [0.5, 0.6) is 0 Å². The maximum Gasteiger partial charge on any atom is 0.219 e. The standard InChI is InChI=1S/C13H25N3O/c1-12(17)16-10-5-13(11-16)14-6-4-9-15-7-2-3-8-15/h13-14H,2-11H2,1H3/t13-/m0/s1. The van der Waals surface area contributed by atoms with Crippen molar-refractivity contribution in [2.24, 2.45) is 0 Å². The summed E-state index contributed by atoms with van der Waals surface area (Å²) in [6.07, 6.45) is 5.10. The Hall–Kier alpha value is -0.610. The second kappa shape index (κ2) is 6.36. The van der Waals surface area contributed by atoms with Gasteiger partial charge in [0.15, 0.2) is 0 Å². The molecule has 2 saturated heterocycles. The average molecular weight is 239 g/mol. The topological polar surface area (TPSA) is 35.6 Å². The highest BCUT2D eigenvalue weighted by Gasteiger charge is 2.23. The lowest BCUT2D eigenvalue weighted by Gasteiger charge is -2.17. The van der Waals surface area contributed by atoms with Crippen LogP contribution in [0.1, 0.15) is 32.6 Å². The lowest BCUT2D eigenvalue weighted by atomic mass is 10.2. The van der Waals surface area contributed by atoms with Gasteiger partial charge in [-0.1, -0.05) is 0 Å². The zero-order valence-corrected chi connectivity index (χ0v) is 11.0. The number of likely N-dealkylation sites (tertiary alicyclic amines) is 2. The van der Waals surface area contributed by atoms with Gasteiger partial charge in [0.05, 0.1) is 0 Å². The lowest BCUT2D eigenvalue weighted by molar-refractivity contribution is -0.127. The highest BCUT2D eigenvalue weighted by atomic mass is 16.2. The number of amides is 1. The fourth-order valence-corrected chi connectivity index (χ4v) is 2.83. The van der Waals surface area contributed by atoms with Crippen LogP contribution >= 0.6 is 0 Å². The van der Waals surface area contributed by atoms with Crippen molar-refractivity contribution < 1.29 is 4.79 Å². The molecule has 0 aromatic heterocycles. The predicted molar refractivity (Wildman–Crippen MR) is 69.0 cm³/mol. The van der Waals surface area contributed by atoms with Crippen molar-refractivity contribution in [3.8, 4) is 0 Å². The summed E-state index contributed by atoms with van der Waals surface area (Å²) in [5.41, 5.74) is 0. The molecular weight excluding hydrogens is 214 g/mol. The molecule has 0 aromatic rings. The molecule has 4 heteroatoms.